The number of halogens is 1. The third-order valence-corrected chi connectivity index (χ3v) is 4.85. The van der Waals surface area contributed by atoms with Crippen LogP contribution in [0, 0.1) is 5.82 Å². The summed E-state index contributed by atoms with van der Waals surface area (Å²) in [6, 6.07) is 6.34. The van der Waals surface area contributed by atoms with E-state index < -0.39 is 5.82 Å². The van der Waals surface area contributed by atoms with Crippen LogP contribution in [-0.2, 0) is 11.2 Å². The van der Waals surface area contributed by atoms with Crippen molar-refractivity contribution in [1.29, 1.82) is 0 Å². The minimum atomic E-state index is -0.464. The van der Waals surface area contributed by atoms with Crippen LogP contribution < -0.4 is 5.32 Å². The SMILES string of the molecule is CC(C)n1cc(C(=O)c2cncc(NC(=O)Cc3ccc(F)cn3)c2)c2cnccc21. The molecule has 31 heavy (non-hydrogen) atoms. The van der Waals surface area contributed by atoms with Gasteiger partial charge >= 0.3 is 0 Å². The van der Waals surface area contributed by atoms with Gasteiger partial charge in [-0.25, -0.2) is 4.39 Å². The predicted molar refractivity (Wildman–Crippen MR) is 114 cm³/mol. The Bertz CT molecular complexity index is 1260. The number of carbonyl (C=O) groups excluding carboxylic acids is 2. The molecule has 0 aliphatic carbocycles. The molecule has 0 bridgehead atoms. The first-order chi connectivity index (χ1) is 14.9. The fraction of sp³-hybridized carbons (Fsp3) is 0.174. The third kappa shape index (κ3) is 4.32. The summed E-state index contributed by atoms with van der Waals surface area (Å²) in [5, 5.41) is 3.47. The Morgan fingerprint density at radius 2 is 1.94 bits per heavy atom. The van der Waals surface area contributed by atoms with E-state index in [9.17, 15) is 14.0 Å². The number of fused-ring (bicyclic) bond motifs is 1. The van der Waals surface area contributed by atoms with E-state index in [1.807, 2.05) is 30.7 Å². The van der Waals surface area contributed by atoms with Crippen molar-refractivity contribution >= 4 is 28.3 Å². The van der Waals surface area contributed by atoms with Gasteiger partial charge in [-0.3, -0.25) is 24.5 Å². The summed E-state index contributed by atoms with van der Waals surface area (Å²) in [7, 11) is 0. The van der Waals surface area contributed by atoms with Gasteiger partial charge in [0.05, 0.1) is 30.0 Å². The normalized spacial score (nSPS) is 11.1. The molecule has 0 unspecified atom stereocenters. The molecular formula is C23H20FN5O2. The lowest BCUT2D eigenvalue weighted by molar-refractivity contribution is -0.115. The van der Waals surface area contributed by atoms with Crippen LogP contribution in [0.15, 0.2) is 61.4 Å². The molecule has 0 saturated carbocycles. The number of amides is 1. The number of hydrogen-bond acceptors (Lipinski definition) is 5. The van der Waals surface area contributed by atoms with Crippen molar-refractivity contribution < 1.29 is 14.0 Å². The van der Waals surface area contributed by atoms with Crippen LogP contribution in [0.5, 0.6) is 0 Å². The molecule has 4 aromatic rings. The van der Waals surface area contributed by atoms with E-state index in [0.717, 1.165) is 17.1 Å². The fourth-order valence-corrected chi connectivity index (χ4v) is 3.37. The molecule has 0 fully saturated rings. The molecule has 0 aliphatic heterocycles. The molecule has 8 heteroatoms. The van der Waals surface area contributed by atoms with Crippen molar-refractivity contribution in [1.82, 2.24) is 19.5 Å². The average molecular weight is 417 g/mol. The Kier molecular flexibility index (Phi) is 5.53. The molecule has 4 rings (SSSR count). The summed E-state index contributed by atoms with van der Waals surface area (Å²) in [6.45, 7) is 4.09. The second-order valence-corrected chi connectivity index (χ2v) is 7.42. The van der Waals surface area contributed by atoms with E-state index in [2.05, 4.69) is 20.3 Å². The summed E-state index contributed by atoms with van der Waals surface area (Å²) in [6.07, 6.45) is 9.17. The quantitative estimate of drug-likeness (QED) is 0.480. The summed E-state index contributed by atoms with van der Waals surface area (Å²) < 4.78 is 15.0. The van der Waals surface area contributed by atoms with Gasteiger partial charge in [0.15, 0.2) is 5.78 Å². The molecule has 4 heterocycles. The van der Waals surface area contributed by atoms with Crippen molar-refractivity contribution in [3.63, 3.8) is 0 Å². The number of rotatable bonds is 6. The minimum absolute atomic E-state index is 0.0218. The van der Waals surface area contributed by atoms with Crippen molar-refractivity contribution in [3.8, 4) is 0 Å². The van der Waals surface area contributed by atoms with Crippen LogP contribution in [0.25, 0.3) is 10.9 Å². The Labute approximate surface area is 178 Å². The number of nitrogens with one attached hydrogen (secondary N) is 1. The first-order valence-electron chi connectivity index (χ1n) is 9.77. The van der Waals surface area contributed by atoms with Crippen molar-refractivity contribution in [2.45, 2.75) is 26.3 Å². The third-order valence-electron chi connectivity index (χ3n) is 4.85. The number of hydrogen-bond donors (Lipinski definition) is 1. The number of pyridine rings is 3. The Balaban J connectivity index is 1.57. The Morgan fingerprint density at radius 1 is 1.10 bits per heavy atom. The van der Waals surface area contributed by atoms with E-state index in [1.54, 1.807) is 18.5 Å². The molecular weight excluding hydrogens is 397 g/mol. The number of anilines is 1. The van der Waals surface area contributed by atoms with Gasteiger partial charge in [0.25, 0.3) is 0 Å². The molecule has 0 atom stereocenters. The minimum Gasteiger partial charge on any atom is -0.344 e. The highest BCUT2D eigenvalue weighted by molar-refractivity contribution is 6.16. The van der Waals surface area contributed by atoms with Crippen LogP contribution in [0.1, 0.15) is 41.5 Å². The number of ketones is 1. The molecule has 4 aromatic heterocycles. The van der Waals surface area contributed by atoms with E-state index in [-0.39, 0.29) is 24.2 Å². The fourth-order valence-electron chi connectivity index (χ4n) is 3.37. The monoisotopic (exact) mass is 417 g/mol. The maximum atomic E-state index is 13.2. The molecule has 0 spiro atoms. The van der Waals surface area contributed by atoms with Gasteiger partial charge < -0.3 is 9.88 Å². The van der Waals surface area contributed by atoms with Gasteiger partial charge in [-0.1, -0.05) is 0 Å². The lowest BCUT2D eigenvalue weighted by Gasteiger charge is -2.08. The maximum Gasteiger partial charge on any atom is 0.230 e. The second kappa shape index (κ2) is 8.43. The standard InChI is InChI=1S/C23H20FN5O2/c1-14(2)29-13-20(19-12-25-6-5-21(19)29)23(31)15-7-18(11-26-9-15)28-22(30)8-17-4-3-16(24)10-27-17/h3-7,9-14H,8H2,1-2H3,(H,28,30). The van der Waals surface area contributed by atoms with Crippen molar-refractivity contribution in [3.05, 3.63) is 84.1 Å². The van der Waals surface area contributed by atoms with Crippen LogP contribution in [-0.4, -0.2) is 31.2 Å². The molecule has 0 radical (unpaired) electrons. The summed E-state index contributed by atoms with van der Waals surface area (Å²) in [5.41, 5.74) is 2.64. The van der Waals surface area contributed by atoms with E-state index in [1.165, 1.54) is 24.5 Å². The van der Waals surface area contributed by atoms with Gasteiger partial charge in [0.2, 0.25) is 5.91 Å². The molecule has 1 amide bonds. The van der Waals surface area contributed by atoms with Gasteiger partial charge in [0, 0.05) is 53.0 Å². The van der Waals surface area contributed by atoms with Crippen LogP contribution in [0.2, 0.25) is 0 Å². The molecule has 0 saturated heterocycles. The first kappa shape index (κ1) is 20.3. The van der Waals surface area contributed by atoms with Gasteiger partial charge in [-0.05, 0) is 38.1 Å². The molecule has 1 N–H and O–H groups in total. The Morgan fingerprint density at radius 3 is 2.68 bits per heavy atom. The highest BCUT2D eigenvalue weighted by atomic mass is 19.1. The van der Waals surface area contributed by atoms with Gasteiger partial charge in [-0.15, -0.1) is 0 Å². The zero-order valence-corrected chi connectivity index (χ0v) is 17.0. The van der Waals surface area contributed by atoms with E-state index in [4.69, 9.17) is 0 Å². The summed E-state index contributed by atoms with van der Waals surface area (Å²) >= 11 is 0. The lowest BCUT2D eigenvalue weighted by atomic mass is 10.0. The van der Waals surface area contributed by atoms with Gasteiger partial charge in [0.1, 0.15) is 5.82 Å². The zero-order chi connectivity index (χ0) is 22.0. The molecule has 0 aromatic carbocycles. The number of nitrogens with zero attached hydrogens (tertiary/aromatic N) is 4. The zero-order valence-electron chi connectivity index (χ0n) is 17.0. The topological polar surface area (TPSA) is 89.8 Å². The average Bonchev–Trinajstić information content (AvgIpc) is 3.15. The highest BCUT2D eigenvalue weighted by Gasteiger charge is 2.19. The largest absolute Gasteiger partial charge is 0.344 e. The van der Waals surface area contributed by atoms with Crippen LogP contribution in [0.4, 0.5) is 10.1 Å². The molecule has 156 valence electrons. The smallest absolute Gasteiger partial charge is 0.230 e. The molecule has 7 nitrogen and oxygen atoms in total. The predicted octanol–water partition coefficient (Wildman–Crippen LogP) is 3.96. The molecule has 0 aliphatic rings. The Hall–Kier alpha value is -3.94. The highest BCUT2D eigenvalue weighted by Crippen LogP contribution is 2.26. The van der Waals surface area contributed by atoms with Crippen LogP contribution >= 0.6 is 0 Å². The second-order valence-electron chi connectivity index (χ2n) is 7.42. The van der Waals surface area contributed by atoms with Crippen molar-refractivity contribution in [2.75, 3.05) is 5.32 Å². The maximum absolute atomic E-state index is 13.2. The first-order valence-corrected chi connectivity index (χ1v) is 9.77. The van der Waals surface area contributed by atoms with E-state index >= 15 is 0 Å². The lowest BCUT2D eigenvalue weighted by Crippen LogP contribution is -2.16. The number of carbonyl (C=O) groups is 2. The number of aromatic nitrogens is 4. The summed E-state index contributed by atoms with van der Waals surface area (Å²) in [4.78, 5) is 37.7. The van der Waals surface area contributed by atoms with Crippen molar-refractivity contribution in [2.24, 2.45) is 0 Å². The van der Waals surface area contributed by atoms with Gasteiger partial charge in [-0.2, -0.15) is 0 Å². The van der Waals surface area contributed by atoms with E-state index in [0.29, 0.717) is 22.5 Å². The van der Waals surface area contributed by atoms with Crippen LogP contribution in [0.3, 0.4) is 0 Å². The summed E-state index contributed by atoms with van der Waals surface area (Å²) in [5.74, 6) is -1.01.